The summed E-state index contributed by atoms with van der Waals surface area (Å²) < 4.78 is 7.71. The van der Waals surface area contributed by atoms with Gasteiger partial charge in [0, 0.05) is 22.1 Å². The third-order valence-electron chi connectivity index (χ3n) is 9.64. The monoisotopic (exact) mass is 636 g/mol. The molecular formula is C46H40N2O. The molecule has 0 N–H and O–H groups in total. The summed E-state index contributed by atoms with van der Waals surface area (Å²) in [6, 6.07) is 64.9. The maximum absolute atomic E-state index is 7.71. The number of benzene rings is 7. The predicted octanol–water partition coefficient (Wildman–Crippen LogP) is 11.7. The summed E-state index contributed by atoms with van der Waals surface area (Å²) in [5, 5.41) is 7.08. The van der Waals surface area contributed by atoms with Gasteiger partial charge in [-0.25, -0.2) is 10.0 Å². The second-order valence-corrected chi connectivity index (χ2v) is 13.8. The fraction of sp³-hybridized carbons (Fsp3) is 0.130. The van der Waals surface area contributed by atoms with E-state index in [1.54, 1.807) is 0 Å². The number of hydrazine groups is 1. The lowest BCUT2D eigenvalue weighted by Gasteiger charge is -2.42. The van der Waals surface area contributed by atoms with Gasteiger partial charge in [-0.1, -0.05) is 185 Å². The summed E-state index contributed by atoms with van der Waals surface area (Å²) in [4.78, 5) is 0. The molecule has 3 nitrogen and oxygen atoms in total. The van der Waals surface area contributed by atoms with Gasteiger partial charge >= 0.3 is 0 Å². The van der Waals surface area contributed by atoms with Gasteiger partial charge in [0.25, 0.3) is 0 Å². The molecule has 3 heteroatoms. The Morgan fingerprint density at radius 3 is 1.73 bits per heavy atom. The van der Waals surface area contributed by atoms with E-state index in [9.17, 15) is 0 Å². The standard InChI is InChI=1S/C46H40N2O/c1-45(2,3)38-30-32-40(33-31-38)46(39-20-9-5-10-21-39)48(43-25-15-19-36-18-13-14-24-42(36)43)47(41-22-11-6-12-23-41)44(49-46)37-28-26-35(27-29-37)34-16-7-4-8-17-34/h4-33,44H,1-3H3. The largest absolute Gasteiger partial charge is 0.316 e. The smallest absolute Gasteiger partial charge is 0.214 e. The molecule has 49 heavy (non-hydrogen) atoms. The van der Waals surface area contributed by atoms with Crippen molar-refractivity contribution in [3.8, 4) is 11.1 Å². The SMILES string of the molecule is CC(C)(C)c1ccc(C2(c3ccccc3)OC(c3ccc(-c4ccccc4)cc3)N(c3ccccc3)N2c2cccc3ccccc23)cc1. The van der Waals surface area contributed by atoms with Crippen LogP contribution >= 0.6 is 0 Å². The molecule has 0 aliphatic carbocycles. The number of hydrogen-bond acceptors (Lipinski definition) is 3. The molecule has 0 spiro atoms. The van der Waals surface area contributed by atoms with Crippen LogP contribution in [0, 0.1) is 0 Å². The number of ether oxygens (including phenoxy) is 1. The second-order valence-electron chi connectivity index (χ2n) is 13.8. The van der Waals surface area contributed by atoms with Crippen molar-refractivity contribution in [1.29, 1.82) is 0 Å². The molecule has 2 atom stereocenters. The first-order chi connectivity index (χ1) is 23.9. The molecule has 0 aromatic heterocycles. The van der Waals surface area contributed by atoms with E-state index in [1.165, 1.54) is 22.1 Å². The van der Waals surface area contributed by atoms with Gasteiger partial charge in [0.2, 0.25) is 5.72 Å². The summed E-state index contributed by atoms with van der Waals surface area (Å²) >= 11 is 0. The highest BCUT2D eigenvalue weighted by Crippen LogP contribution is 2.54. The van der Waals surface area contributed by atoms with Crippen LogP contribution in [-0.4, -0.2) is 0 Å². The van der Waals surface area contributed by atoms with Crippen molar-refractivity contribution in [1.82, 2.24) is 0 Å². The fourth-order valence-electron chi connectivity index (χ4n) is 7.12. The van der Waals surface area contributed by atoms with Gasteiger partial charge in [-0.05, 0) is 45.7 Å². The Balaban J connectivity index is 1.42. The lowest BCUT2D eigenvalue weighted by atomic mass is 9.84. The van der Waals surface area contributed by atoms with Crippen molar-refractivity contribution in [2.24, 2.45) is 0 Å². The predicted molar refractivity (Wildman–Crippen MR) is 203 cm³/mol. The van der Waals surface area contributed by atoms with E-state index < -0.39 is 12.0 Å². The molecule has 7 aromatic rings. The first-order valence-corrected chi connectivity index (χ1v) is 17.1. The molecule has 240 valence electrons. The zero-order valence-corrected chi connectivity index (χ0v) is 28.2. The number of rotatable bonds is 6. The molecule has 2 unspecified atom stereocenters. The summed E-state index contributed by atoms with van der Waals surface area (Å²) in [5.74, 6) is 0. The van der Waals surface area contributed by atoms with Gasteiger partial charge in [-0.15, -0.1) is 0 Å². The minimum absolute atomic E-state index is 0.0173. The molecule has 0 saturated carbocycles. The van der Waals surface area contributed by atoms with Gasteiger partial charge in [0.05, 0.1) is 11.4 Å². The van der Waals surface area contributed by atoms with Crippen LogP contribution in [0.15, 0.2) is 182 Å². The molecule has 7 aromatic carbocycles. The third-order valence-corrected chi connectivity index (χ3v) is 9.64. The van der Waals surface area contributed by atoms with E-state index >= 15 is 0 Å². The fourth-order valence-corrected chi connectivity index (χ4v) is 7.12. The van der Waals surface area contributed by atoms with Crippen molar-refractivity contribution in [2.45, 2.75) is 38.1 Å². The minimum atomic E-state index is -1.01. The molecule has 1 aliphatic rings. The number of fused-ring (bicyclic) bond motifs is 1. The van der Waals surface area contributed by atoms with Crippen LogP contribution in [0.1, 0.15) is 49.3 Å². The van der Waals surface area contributed by atoms with Gasteiger partial charge in [-0.3, -0.25) is 0 Å². The van der Waals surface area contributed by atoms with Crippen LogP contribution in [0.25, 0.3) is 21.9 Å². The van der Waals surface area contributed by atoms with E-state index in [0.29, 0.717) is 0 Å². The van der Waals surface area contributed by atoms with Gasteiger partial charge in [0.1, 0.15) is 0 Å². The van der Waals surface area contributed by atoms with E-state index in [1.807, 2.05) is 0 Å². The second kappa shape index (κ2) is 12.4. The Morgan fingerprint density at radius 1 is 0.510 bits per heavy atom. The minimum Gasteiger partial charge on any atom is -0.316 e. The zero-order chi connectivity index (χ0) is 33.4. The highest BCUT2D eigenvalue weighted by atomic mass is 16.6. The maximum atomic E-state index is 7.71. The van der Waals surface area contributed by atoms with Crippen LogP contribution in [0.3, 0.4) is 0 Å². The Hall–Kier alpha value is -5.64. The molecule has 1 fully saturated rings. The lowest BCUT2D eigenvalue weighted by Crippen LogP contribution is -2.50. The maximum Gasteiger partial charge on any atom is 0.214 e. The van der Waals surface area contributed by atoms with E-state index in [2.05, 4.69) is 213 Å². The van der Waals surface area contributed by atoms with Crippen molar-refractivity contribution < 1.29 is 4.74 Å². The number of para-hydroxylation sites is 1. The van der Waals surface area contributed by atoms with E-state index in [-0.39, 0.29) is 5.41 Å². The lowest BCUT2D eigenvalue weighted by molar-refractivity contribution is -0.0165. The summed E-state index contributed by atoms with van der Waals surface area (Å²) in [6.45, 7) is 6.78. The van der Waals surface area contributed by atoms with Crippen molar-refractivity contribution in [3.05, 3.63) is 204 Å². The van der Waals surface area contributed by atoms with Gasteiger partial charge < -0.3 is 4.74 Å². The Labute approximate surface area is 289 Å². The highest BCUT2D eigenvalue weighted by Gasteiger charge is 2.55. The van der Waals surface area contributed by atoms with E-state index in [4.69, 9.17) is 4.74 Å². The van der Waals surface area contributed by atoms with Crippen LogP contribution in [0.2, 0.25) is 0 Å². The summed E-state index contributed by atoms with van der Waals surface area (Å²) in [7, 11) is 0. The quantitative estimate of drug-likeness (QED) is 0.181. The Bertz CT molecular complexity index is 2170. The summed E-state index contributed by atoms with van der Waals surface area (Å²) in [5.41, 5.74) is 7.93. The number of anilines is 2. The van der Waals surface area contributed by atoms with Crippen molar-refractivity contribution in [3.63, 3.8) is 0 Å². The number of nitrogens with zero attached hydrogens (tertiary/aromatic N) is 2. The number of hydrogen-bond donors (Lipinski definition) is 0. The first-order valence-electron chi connectivity index (χ1n) is 17.1. The molecular weight excluding hydrogens is 597 g/mol. The normalized spacial score (nSPS) is 17.8. The Kier molecular flexibility index (Phi) is 7.78. The van der Waals surface area contributed by atoms with Gasteiger partial charge in [-0.2, -0.15) is 0 Å². The van der Waals surface area contributed by atoms with Crippen LogP contribution in [0.5, 0.6) is 0 Å². The average Bonchev–Trinajstić information content (AvgIpc) is 3.52. The molecule has 8 rings (SSSR count). The molecule has 0 radical (unpaired) electrons. The van der Waals surface area contributed by atoms with Crippen molar-refractivity contribution >= 4 is 22.1 Å². The Morgan fingerprint density at radius 2 is 1.06 bits per heavy atom. The van der Waals surface area contributed by atoms with E-state index in [0.717, 1.165) is 33.5 Å². The van der Waals surface area contributed by atoms with Gasteiger partial charge in [0.15, 0.2) is 6.23 Å². The van der Waals surface area contributed by atoms with Crippen LogP contribution in [-0.2, 0) is 15.9 Å². The topological polar surface area (TPSA) is 15.7 Å². The molecule has 1 aliphatic heterocycles. The first kappa shape index (κ1) is 30.7. The van der Waals surface area contributed by atoms with Crippen LogP contribution < -0.4 is 10.0 Å². The molecule has 1 heterocycles. The van der Waals surface area contributed by atoms with Crippen molar-refractivity contribution in [2.75, 3.05) is 10.0 Å². The highest BCUT2D eigenvalue weighted by molar-refractivity contribution is 5.95. The summed E-state index contributed by atoms with van der Waals surface area (Å²) in [6.07, 6.45) is -0.450. The third kappa shape index (κ3) is 5.47. The molecule has 1 saturated heterocycles. The van der Waals surface area contributed by atoms with Crippen LogP contribution in [0.4, 0.5) is 11.4 Å². The molecule has 0 amide bonds. The average molecular weight is 637 g/mol. The molecule has 0 bridgehead atoms. The zero-order valence-electron chi connectivity index (χ0n) is 28.2.